The summed E-state index contributed by atoms with van der Waals surface area (Å²) in [7, 11) is -3.54. The summed E-state index contributed by atoms with van der Waals surface area (Å²) in [4.78, 5) is 0.217. The van der Waals surface area contributed by atoms with Crippen LogP contribution in [0.1, 0.15) is 0 Å². The Bertz CT molecular complexity index is 669. The van der Waals surface area contributed by atoms with Crippen molar-refractivity contribution in [3.63, 3.8) is 0 Å². The van der Waals surface area contributed by atoms with Crippen molar-refractivity contribution in [1.82, 2.24) is 4.72 Å². The van der Waals surface area contributed by atoms with Crippen LogP contribution in [0.4, 0.5) is 0 Å². The van der Waals surface area contributed by atoms with Crippen LogP contribution in [0, 0.1) is 0 Å². The van der Waals surface area contributed by atoms with Gasteiger partial charge in [-0.2, -0.15) is 0 Å². The summed E-state index contributed by atoms with van der Waals surface area (Å²) in [6.45, 7) is 0.520. The molecule has 2 aromatic carbocycles. The van der Waals surface area contributed by atoms with Crippen molar-refractivity contribution in [2.45, 2.75) is 4.90 Å². The van der Waals surface area contributed by atoms with Crippen molar-refractivity contribution >= 4 is 10.0 Å². The van der Waals surface area contributed by atoms with Crippen molar-refractivity contribution in [2.75, 3.05) is 26.4 Å². The average molecular weight is 321 g/mol. The molecule has 0 fully saturated rings. The number of nitrogens with one attached hydrogen (secondary N) is 1. The highest BCUT2D eigenvalue weighted by Gasteiger charge is 2.13. The fourth-order valence-electron chi connectivity index (χ4n) is 1.96. The number of hydrogen-bond acceptors (Lipinski definition) is 4. The summed E-state index contributed by atoms with van der Waals surface area (Å²) in [6.07, 6.45) is 0. The van der Waals surface area contributed by atoms with E-state index < -0.39 is 10.0 Å². The topological polar surface area (TPSA) is 75.6 Å². The zero-order chi connectivity index (χ0) is 15.8. The summed E-state index contributed by atoms with van der Waals surface area (Å²) in [5, 5.41) is 8.56. The lowest BCUT2D eigenvalue weighted by atomic mass is 10.1. The van der Waals surface area contributed by atoms with E-state index in [1.165, 1.54) is 0 Å². The van der Waals surface area contributed by atoms with E-state index in [-0.39, 0.29) is 31.3 Å². The number of aliphatic hydroxyl groups is 1. The van der Waals surface area contributed by atoms with Crippen LogP contribution in [-0.4, -0.2) is 39.9 Å². The van der Waals surface area contributed by atoms with Crippen LogP contribution in [0.2, 0.25) is 0 Å². The van der Waals surface area contributed by atoms with Gasteiger partial charge in [0.25, 0.3) is 0 Å². The highest BCUT2D eigenvalue weighted by atomic mass is 32.2. The second-order valence-electron chi connectivity index (χ2n) is 4.62. The molecule has 0 amide bonds. The third-order valence-corrected chi connectivity index (χ3v) is 4.52. The van der Waals surface area contributed by atoms with Gasteiger partial charge in [-0.1, -0.05) is 42.5 Å². The summed E-state index contributed by atoms with van der Waals surface area (Å²) in [5.74, 6) is 0. The van der Waals surface area contributed by atoms with E-state index in [2.05, 4.69) is 4.72 Å². The standard InChI is InChI=1S/C16H19NO4S/c18-11-13-21-12-10-17-22(19,20)16-8-6-15(7-9-16)14-4-2-1-3-5-14/h1-9,17-18H,10-13H2. The number of sulfonamides is 1. The van der Waals surface area contributed by atoms with E-state index in [0.29, 0.717) is 0 Å². The zero-order valence-electron chi connectivity index (χ0n) is 12.1. The van der Waals surface area contributed by atoms with E-state index in [1.807, 2.05) is 30.3 Å². The Morgan fingerprint density at radius 3 is 2.18 bits per heavy atom. The Labute approximate surface area is 130 Å². The molecule has 6 heteroatoms. The van der Waals surface area contributed by atoms with Gasteiger partial charge in [-0.25, -0.2) is 13.1 Å². The van der Waals surface area contributed by atoms with E-state index in [1.54, 1.807) is 24.3 Å². The Morgan fingerprint density at radius 1 is 0.909 bits per heavy atom. The number of ether oxygens (including phenoxy) is 1. The van der Waals surface area contributed by atoms with Gasteiger partial charge >= 0.3 is 0 Å². The Morgan fingerprint density at radius 2 is 1.55 bits per heavy atom. The van der Waals surface area contributed by atoms with Gasteiger partial charge in [-0.05, 0) is 23.3 Å². The monoisotopic (exact) mass is 321 g/mol. The Balaban J connectivity index is 2.00. The van der Waals surface area contributed by atoms with E-state index in [9.17, 15) is 8.42 Å². The van der Waals surface area contributed by atoms with E-state index in [0.717, 1.165) is 11.1 Å². The fraction of sp³-hybridized carbons (Fsp3) is 0.250. The van der Waals surface area contributed by atoms with Gasteiger partial charge in [0.1, 0.15) is 0 Å². The van der Waals surface area contributed by atoms with Gasteiger partial charge in [0.2, 0.25) is 10.0 Å². The molecule has 0 saturated heterocycles. The molecule has 0 aliphatic rings. The molecule has 0 aromatic heterocycles. The second-order valence-corrected chi connectivity index (χ2v) is 6.39. The molecule has 22 heavy (non-hydrogen) atoms. The second kappa shape index (κ2) is 8.05. The van der Waals surface area contributed by atoms with E-state index in [4.69, 9.17) is 9.84 Å². The molecule has 0 aliphatic carbocycles. The predicted molar refractivity (Wildman–Crippen MR) is 85.0 cm³/mol. The van der Waals surface area contributed by atoms with Crippen molar-refractivity contribution in [3.05, 3.63) is 54.6 Å². The van der Waals surface area contributed by atoms with Gasteiger partial charge in [0, 0.05) is 6.54 Å². The normalized spacial score (nSPS) is 11.5. The molecular weight excluding hydrogens is 302 g/mol. The molecule has 0 atom stereocenters. The van der Waals surface area contributed by atoms with Gasteiger partial charge in [-0.3, -0.25) is 0 Å². The minimum atomic E-state index is -3.54. The molecule has 0 aliphatic heterocycles. The summed E-state index contributed by atoms with van der Waals surface area (Å²) < 4.78 is 31.7. The number of rotatable bonds is 8. The molecule has 0 heterocycles. The predicted octanol–water partition coefficient (Wildman–Crippen LogP) is 1.64. The molecule has 0 saturated carbocycles. The molecule has 2 rings (SSSR count). The van der Waals surface area contributed by atoms with Crippen LogP contribution in [0.15, 0.2) is 59.5 Å². The third-order valence-electron chi connectivity index (χ3n) is 3.05. The summed E-state index contributed by atoms with van der Waals surface area (Å²) >= 11 is 0. The molecular formula is C16H19NO4S. The minimum absolute atomic E-state index is 0.0757. The molecule has 118 valence electrons. The maximum absolute atomic E-state index is 12.1. The first kappa shape index (κ1) is 16.6. The van der Waals surface area contributed by atoms with Gasteiger partial charge in [0.05, 0.1) is 24.7 Å². The van der Waals surface area contributed by atoms with Crippen molar-refractivity contribution < 1.29 is 18.3 Å². The van der Waals surface area contributed by atoms with Crippen LogP contribution in [-0.2, 0) is 14.8 Å². The van der Waals surface area contributed by atoms with Crippen LogP contribution >= 0.6 is 0 Å². The Hall–Kier alpha value is -1.73. The number of benzene rings is 2. The third kappa shape index (κ3) is 4.64. The largest absolute Gasteiger partial charge is 0.394 e. The van der Waals surface area contributed by atoms with Crippen LogP contribution in [0.5, 0.6) is 0 Å². The molecule has 0 bridgehead atoms. The quantitative estimate of drug-likeness (QED) is 0.725. The smallest absolute Gasteiger partial charge is 0.240 e. The first-order valence-corrected chi connectivity index (χ1v) is 8.45. The lowest BCUT2D eigenvalue weighted by Gasteiger charge is -2.08. The fourth-order valence-corrected chi connectivity index (χ4v) is 2.97. The molecule has 0 spiro atoms. The van der Waals surface area contributed by atoms with Crippen molar-refractivity contribution in [3.8, 4) is 11.1 Å². The lowest BCUT2D eigenvalue weighted by molar-refractivity contribution is 0.0961. The maximum atomic E-state index is 12.1. The van der Waals surface area contributed by atoms with Gasteiger partial charge in [0.15, 0.2) is 0 Å². The van der Waals surface area contributed by atoms with E-state index >= 15 is 0 Å². The minimum Gasteiger partial charge on any atom is -0.394 e. The van der Waals surface area contributed by atoms with Gasteiger partial charge < -0.3 is 9.84 Å². The highest BCUT2D eigenvalue weighted by molar-refractivity contribution is 7.89. The maximum Gasteiger partial charge on any atom is 0.240 e. The molecule has 0 unspecified atom stereocenters. The number of hydrogen-bond donors (Lipinski definition) is 2. The Kier molecular flexibility index (Phi) is 6.09. The summed E-state index contributed by atoms with van der Waals surface area (Å²) in [6, 6.07) is 16.5. The first-order valence-electron chi connectivity index (χ1n) is 6.97. The molecule has 2 aromatic rings. The SMILES string of the molecule is O=S(=O)(NCCOCCO)c1ccc(-c2ccccc2)cc1. The van der Waals surface area contributed by atoms with Crippen molar-refractivity contribution in [1.29, 1.82) is 0 Å². The molecule has 5 nitrogen and oxygen atoms in total. The lowest BCUT2D eigenvalue weighted by Crippen LogP contribution is -2.27. The summed E-state index contributed by atoms with van der Waals surface area (Å²) in [5.41, 5.74) is 2.00. The average Bonchev–Trinajstić information content (AvgIpc) is 2.55. The van der Waals surface area contributed by atoms with Gasteiger partial charge in [-0.15, -0.1) is 0 Å². The zero-order valence-corrected chi connectivity index (χ0v) is 12.9. The first-order chi connectivity index (χ1) is 10.6. The highest BCUT2D eigenvalue weighted by Crippen LogP contribution is 2.20. The number of aliphatic hydroxyl groups excluding tert-OH is 1. The van der Waals surface area contributed by atoms with Crippen molar-refractivity contribution in [2.24, 2.45) is 0 Å². The van der Waals surface area contributed by atoms with Crippen LogP contribution in [0.3, 0.4) is 0 Å². The van der Waals surface area contributed by atoms with Crippen LogP contribution < -0.4 is 4.72 Å². The molecule has 0 radical (unpaired) electrons. The van der Waals surface area contributed by atoms with Crippen LogP contribution in [0.25, 0.3) is 11.1 Å². The molecule has 2 N–H and O–H groups in total.